The molecule has 2 N–H and O–H groups in total. The van der Waals surface area contributed by atoms with Crippen LogP contribution < -0.4 is 10.6 Å². The van der Waals surface area contributed by atoms with E-state index in [1.165, 1.54) is 6.07 Å². The van der Waals surface area contributed by atoms with Crippen LogP contribution in [0.3, 0.4) is 0 Å². The number of rotatable bonds is 5. The van der Waals surface area contributed by atoms with E-state index < -0.39 is 0 Å². The molecular formula is C17H15Cl2FN2O. The molecular weight excluding hydrogens is 338 g/mol. The van der Waals surface area contributed by atoms with E-state index in [0.29, 0.717) is 26.9 Å². The van der Waals surface area contributed by atoms with Gasteiger partial charge in [-0.2, -0.15) is 0 Å². The van der Waals surface area contributed by atoms with E-state index in [1.807, 2.05) is 0 Å². The first-order valence-corrected chi connectivity index (χ1v) is 8.07. The Labute approximate surface area is 143 Å². The van der Waals surface area contributed by atoms with Gasteiger partial charge in [0.15, 0.2) is 0 Å². The maximum absolute atomic E-state index is 13.7. The topological polar surface area (TPSA) is 41.1 Å². The molecule has 3 nitrogen and oxygen atoms in total. The van der Waals surface area contributed by atoms with Gasteiger partial charge in [-0.25, -0.2) is 4.39 Å². The molecule has 0 spiro atoms. The van der Waals surface area contributed by atoms with Crippen LogP contribution in [-0.4, -0.2) is 11.9 Å². The van der Waals surface area contributed by atoms with Crippen LogP contribution in [0.2, 0.25) is 10.0 Å². The van der Waals surface area contributed by atoms with E-state index >= 15 is 0 Å². The highest BCUT2D eigenvalue weighted by molar-refractivity contribution is 6.34. The van der Waals surface area contributed by atoms with Crippen molar-refractivity contribution in [3.05, 3.63) is 63.4 Å². The zero-order valence-corrected chi connectivity index (χ0v) is 13.7. The summed E-state index contributed by atoms with van der Waals surface area (Å²) in [6.45, 7) is 0.232. The van der Waals surface area contributed by atoms with E-state index in [-0.39, 0.29) is 24.3 Å². The van der Waals surface area contributed by atoms with E-state index in [0.717, 1.165) is 12.8 Å². The fourth-order valence-corrected chi connectivity index (χ4v) is 2.69. The van der Waals surface area contributed by atoms with Crippen molar-refractivity contribution in [1.82, 2.24) is 5.32 Å². The van der Waals surface area contributed by atoms with Crippen LogP contribution >= 0.6 is 23.2 Å². The highest BCUT2D eigenvalue weighted by atomic mass is 35.5. The summed E-state index contributed by atoms with van der Waals surface area (Å²) in [6.07, 6.45) is 2.04. The second-order valence-corrected chi connectivity index (χ2v) is 6.31. The highest BCUT2D eigenvalue weighted by Gasteiger charge is 2.24. The largest absolute Gasteiger partial charge is 0.381 e. The number of carbonyl (C=O) groups is 1. The summed E-state index contributed by atoms with van der Waals surface area (Å²) in [5.41, 5.74) is 1.52. The van der Waals surface area contributed by atoms with Crippen LogP contribution in [0.15, 0.2) is 36.4 Å². The lowest BCUT2D eigenvalue weighted by atomic mass is 10.1. The molecule has 1 aliphatic carbocycles. The standard InChI is InChI=1S/C17H15Cl2FN2O/c18-14-2-1-3-16(20)13(14)9-21-11-6-7-12(15(19)8-11)17(23)22-10-4-5-10/h1-3,6-8,10,21H,4-5,9H2,(H,22,23). The fraction of sp³-hybridized carbons (Fsp3) is 0.235. The van der Waals surface area contributed by atoms with E-state index in [2.05, 4.69) is 10.6 Å². The molecule has 0 radical (unpaired) electrons. The minimum Gasteiger partial charge on any atom is -0.381 e. The monoisotopic (exact) mass is 352 g/mol. The molecule has 120 valence electrons. The molecule has 2 aromatic rings. The predicted molar refractivity (Wildman–Crippen MR) is 90.7 cm³/mol. The summed E-state index contributed by atoms with van der Waals surface area (Å²) < 4.78 is 13.7. The molecule has 0 saturated heterocycles. The van der Waals surface area contributed by atoms with Crippen molar-refractivity contribution in [2.45, 2.75) is 25.4 Å². The minimum atomic E-state index is -0.364. The van der Waals surface area contributed by atoms with Crippen LogP contribution in [0.25, 0.3) is 0 Å². The summed E-state index contributed by atoms with van der Waals surface area (Å²) in [7, 11) is 0. The van der Waals surface area contributed by atoms with Gasteiger partial charge in [0.25, 0.3) is 5.91 Å². The number of halogens is 3. The third-order valence-electron chi connectivity index (χ3n) is 3.66. The first kappa shape index (κ1) is 16.1. The molecule has 1 amide bonds. The Morgan fingerprint density at radius 1 is 1.17 bits per heavy atom. The van der Waals surface area contributed by atoms with Crippen molar-refractivity contribution in [3.63, 3.8) is 0 Å². The van der Waals surface area contributed by atoms with Gasteiger partial charge in [0.1, 0.15) is 5.82 Å². The van der Waals surface area contributed by atoms with Gasteiger partial charge in [0.2, 0.25) is 0 Å². The predicted octanol–water partition coefficient (Wildman–Crippen LogP) is 4.64. The average molecular weight is 353 g/mol. The van der Waals surface area contributed by atoms with Crippen LogP contribution in [-0.2, 0) is 6.54 Å². The summed E-state index contributed by atoms with van der Waals surface area (Å²) in [5, 5.41) is 6.67. The van der Waals surface area contributed by atoms with Crippen molar-refractivity contribution in [1.29, 1.82) is 0 Å². The Kier molecular flexibility index (Phi) is 4.74. The van der Waals surface area contributed by atoms with Gasteiger partial charge in [0, 0.05) is 28.9 Å². The number of amides is 1. The number of benzene rings is 2. The Morgan fingerprint density at radius 2 is 1.96 bits per heavy atom. The number of carbonyl (C=O) groups excluding carboxylic acids is 1. The summed E-state index contributed by atoms with van der Waals surface area (Å²) in [4.78, 5) is 12.0. The third kappa shape index (κ3) is 3.95. The molecule has 1 fully saturated rings. The summed E-state index contributed by atoms with van der Waals surface area (Å²) in [6, 6.07) is 9.89. The van der Waals surface area contributed by atoms with Gasteiger partial charge in [-0.1, -0.05) is 29.3 Å². The van der Waals surface area contributed by atoms with Crippen LogP contribution in [0.1, 0.15) is 28.8 Å². The lowest BCUT2D eigenvalue weighted by Gasteiger charge is -2.11. The quantitative estimate of drug-likeness (QED) is 0.822. The van der Waals surface area contributed by atoms with E-state index in [9.17, 15) is 9.18 Å². The molecule has 0 heterocycles. The molecule has 0 bridgehead atoms. The number of anilines is 1. The van der Waals surface area contributed by atoms with Crippen LogP contribution in [0.4, 0.5) is 10.1 Å². The smallest absolute Gasteiger partial charge is 0.253 e. The van der Waals surface area contributed by atoms with E-state index in [1.54, 1.807) is 30.3 Å². The average Bonchev–Trinajstić information content (AvgIpc) is 3.30. The molecule has 2 aromatic carbocycles. The number of nitrogens with one attached hydrogen (secondary N) is 2. The van der Waals surface area contributed by atoms with Crippen molar-refractivity contribution in [2.24, 2.45) is 0 Å². The van der Waals surface area contributed by atoms with Gasteiger partial charge < -0.3 is 10.6 Å². The normalized spacial score (nSPS) is 13.7. The number of hydrogen-bond donors (Lipinski definition) is 2. The van der Waals surface area contributed by atoms with Gasteiger partial charge in [-0.05, 0) is 43.2 Å². The molecule has 23 heavy (non-hydrogen) atoms. The Balaban J connectivity index is 1.69. The van der Waals surface area contributed by atoms with Gasteiger partial charge in [-0.3, -0.25) is 4.79 Å². The number of hydrogen-bond acceptors (Lipinski definition) is 2. The van der Waals surface area contributed by atoms with Crippen molar-refractivity contribution in [3.8, 4) is 0 Å². The second kappa shape index (κ2) is 6.77. The molecule has 3 rings (SSSR count). The SMILES string of the molecule is O=C(NC1CC1)c1ccc(NCc2c(F)cccc2Cl)cc1Cl. The molecule has 0 atom stereocenters. The highest BCUT2D eigenvalue weighted by Crippen LogP contribution is 2.25. The molecule has 0 aromatic heterocycles. The maximum atomic E-state index is 13.7. The molecule has 1 saturated carbocycles. The summed E-state index contributed by atoms with van der Waals surface area (Å²) >= 11 is 12.2. The molecule has 6 heteroatoms. The zero-order valence-electron chi connectivity index (χ0n) is 12.2. The van der Waals surface area contributed by atoms with Crippen molar-refractivity contribution < 1.29 is 9.18 Å². The minimum absolute atomic E-state index is 0.166. The molecule has 0 unspecified atom stereocenters. The van der Waals surface area contributed by atoms with Crippen molar-refractivity contribution >= 4 is 34.8 Å². The Morgan fingerprint density at radius 3 is 2.61 bits per heavy atom. The van der Waals surface area contributed by atoms with Crippen LogP contribution in [0.5, 0.6) is 0 Å². The maximum Gasteiger partial charge on any atom is 0.253 e. The summed E-state index contributed by atoms with van der Waals surface area (Å²) in [5.74, 6) is -0.530. The fourth-order valence-electron chi connectivity index (χ4n) is 2.19. The van der Waals surface area contributed by atoms with Gasteiger partial charge in [0.05, 0.1) is 10.6 Å². The third-order valence-corrected chi connectivity index (χ3v) is 4.32. The Bertz CT molecular complexity index is 727. The first-order valence-electron chi connectivity index (χ1n) is 7.32. The molecule has 1 aliphatic rings. The lowest BCUT2D eigenvalue weighted by molar-refractivity contribution is 0.0951. The van der Waals surface area contributed by atoms with Crippen LogP contribution in [0, 0.1) is 5.82 Å². The van der Waals surface area contributed by atoms with Gasteiger partial charge >= 0.3 is 0 Å². The lowest BCUT2D eigenvalue weighted by Crippen LogP contribution is -2.25. The first-order chi connectivity index (χ1) is 11.0. The second-order valence-electron chi connectivity index (χ2n) is 5.50. The van der Waals surface area contributed by atoms with E-state index in [4.69, 9.17) is 23.2 Å². The van der Waals surface area contributed by atoms with Gasteiger partial charge in [-0.15, -0.1) is 0 Å². The molecule has 0 aliphatic heterocycles. The Hall–Kier alpha value is -1.78. The van der Waals surface area contributed by atoms with Crippen molar-refractivity contribution in [2.75, 3.05) is 5.32 Å². The zero-order chi connectivity index (χ0) is 16.4.